The first kappa shape index (κ1) is 14.9. The van der Waals surface area contributed by atoms with Gasteiger partial charge < -0.3 is 14.7 Å². The van der Waals surface area contributed by atoms with Crippen LogP contribution in [-0.2, 0) is 4.74 Å². The Bertz CT molecular complexity index is 887. The standard InChI is InChI=1S/C17H15F2N3O2/c18-14-9-11-10-20-22(16(11)15(19)17(14)23)13-3-1-12(2-4-13)21-5-7-24-8-6-21/h1-4,9-10,23H,5-8H2. The van der Waals surface area contributed by atoms with Gasteiger partial charge in [-0.3, -0.25) is 0 Å². The summed E-state index contributed by atoms with van der Waals surface area (Å²) < 4.78 is 34.4. The van der Waals surface area contributed by atoms with Crippen molar-refractivity contribution in [1.82, 2.24) is 9.78 Å². The van der Waals surface area contributed by atoms with Crippen LogP contribution in [0.25, 0.3) is 16.6 Å². The number of phenolic OH excluding ortho intramolecular Hbond substituents is 1. The number of hydrogen-bond acceptors (Lipinski definition) is 4. The van der Waals surface area contributed by atoms with Crippen LogP contribution in [-0.4, -0.2) is 41.2 Å². The molecule has 1 aromatic heterocycles. The molecular weight excluding hydrogens is 316 g/mol. The van der Waals surface area contributed by atoms with Gasteiger partial charge in [0.25, 0.3) is 0 Å². The SMILES string of the molecule is Oc1c(F)cc2cnn(-c3ccc(N4CCOCC4)cc3)c2c1F. The Labute approximate surface area is 136 Å². The highest BCUT2D eigenvalue weighted by atomic mass is 19.1. The molecule has 0 atom stereocenters. The molecule has 7 heteroatoms. The van der Waals surface area contributed by atoms with Crippen LogP contribution < -0.4 is 4.90 Å². The highest BCUT2D eigenvalue weighted by Crippen LogP contribution is 2.30. The molecule has 1 N–H and O–H groups in total. The molecule has 124 valence electrons. The van der Waals surface area contributed by atoms with E-state index in [-0.39, 0.29) is 5.52 Å². The summed E-state index contributed by atoms with van der Waals surface area (Å²) in [6.45, 7) is 3.04. The molecule has 1 aliphatic heterocycles. The van der Waals surface area contributed by atoms with E-state index in [0.717, 1.165) is 24.8 Å². The van der Waals surface area contributed by atoms with Gasteiger partial charge in [0.15, 0.2) is 17.4 Å². The van der Waals surface area contributed by atoms with Gasteiger partial charge in [0.2, 0.25) is 0 Å². The molecule has 1 fully saturated rings. The number of phenols is 1. The predicted octanol–water partition coefficient (Wildman–Crippen LogP) is 2.85. The highest BCUT2D eigenvalue weighted by Gasteiger charge is 2.18. The van der Waals surface area contributed by atoms with Crippen molar-refractivity contribution in [2.75, 3.05) is 31.2 Å². The fourth-order valence-corrected chi connectivity index (χ4v) is 2.93. The first-order valence-corrected chi connectivity index (χ1v) is 7.63. The van der Waals surface area contributed by atoms with Gasteiger partial charge in [-0.15, -0.1) is 0 Å². The van der Waals surface area contributed by atoms with E-state index in [9.17, 15) is 13.9 Å². The lowest BCUT2D eigenvalue weighted by molar-refractivity contribution is 0.122. The molecule has 2 aromatic carbocycles. The molecule has 0 radical (unpaired) electrons. The zero-order valence-electron chi connectivity index (χ0n) is 12.7. The summed E-state index contributed by atoms with van der Waals surface area (Å²) in [6.07, 6.45) is 1.37. The fraction of sp³-hybridized carbons (Fsp3) is 0.235. The fourth-order valence-electron chi connectivity index (χ4n) is 2.93. The van der Waals surface area contributed by atoms with E-state index >= 15 is 0 Å². The zero-order valence-corrected chi connectivity index (χ0v) is 12.7. The molecule has 3 aromatic rings. The molecule has 0 bridgehead atoms. The van der Waals surface area contributed by atoms with Crippen molar-refractivity contribution in [3.63, 3.8) is 0 Å². The highest BCUT2D eigenvalue weighted by molar-refractivity contribution is 5.82. The maximum atomic E-state index is 14.2. The number of aromatic hydroxyl groups is 1. The summed E-state index contributed by atoms with van der Waals surface area (Å²) in [7, 11) is 0. The summed E-state index contributed by atoms with van der Waals surface area (Å²) in [6, 6.07) is 8.55. The molecule has 0 saturated carbocycles. The molecule has 2 heterocycles. The van der Waals surface area contributed by atoms with Crippen molar-refractivity contribution >= 4 is 16.6 Å². The molecule has 0 spiro atoms. The van der Waals surface area contributed by atoms with E-state index in [1.54, 1.807) is 0 Å². The Balaban J connectivity index is 1.74. The van der Waals surface area contributed by atoms with E-state index < -0.39 is 17.4 Å². The van der Waals surface area contributed by atoms with Crippen molar-refractivity contribution in [3.8, 4) is 11.4 Å². The first-order chi connectivity index (χ1) is 11.6. The van der Waals surface area contributed by atoms with Crippen LogP contribution in [0.1, 0.15) is 0 Å². The lowest BCUT2D eigenvalue weighted by Crippen LogP contribution is -2.36. The predicted molar refractivity (Wildman–Crippen MR) is 85.7 cm³/mol. The van der Waals surface area contributed by atoms with Gasteiger partial charge in [-0.05, 0) is 30.3 Å². The second-order valence-electron chi connectivity index (χ2n) is 5.63. The number of fused-ring (bicyclic) bond motifs is 1. The van der Waals surface area contributed by atoms with Crippen LogP contribution in [0.15, 0.2) is 36.5 Å². The Kier molecular flexibility index (Phi) is 3.57. The zero-order chi connectivity index (χ0) is 16.7. The van der Waals surface area contributed by atoms with Crippen LogP contribution in [0.2, 0.25) is 0 Å². The number of ether oxygens (including phenoxy) is 1. The average Bonchev–Trinajstić information content (AvgIpc) is 3.04. The second kappa shape index (κ2) is 5.76. The number of halogens is 2. The lowest BCUT2D eigenvalue weighted by atomic mass is 10.2. The summed E-state index contributed by atoms with van der Waals surface area (Å²) >= 11 is 0. The normalized spacial score (nSPS) is 15.2. The number of nitrogens with zero attached hydrogens (tertiary/aromatic N) is 3. The van der Waals surface area contributed by atoms with Crippen LogP contribution in [0.3, 0.4) is 0 Å². The van der Waals surface area contributed by atoms with E-state index in [0.29, 0.717) is 24.3 Å². The summed E-state index contributed by atoms with van der Waals surface area (Å²) in [5.41, 5.74) is 1.73. The Hall–Kier alpha value is -2.67. The smallest absolute Gasteiger partial charge is 0.194 e. The molecule has 4 rings (SSSR count). The third-order valence-electron chi connectivity index (χ3n) is 4.19. The van der Waals surface area contributed by atoms with Gasteiger partial charge in [-0.25, -0.2) is 13.5 Å². The largest absolute Gasteiger partial charge is 0.503 e. The van der Waals surface area contributed by atoms with E-state index in [1.165, 1.54) is 10.9 Å². The van der Waals surface area contributed by atoms with Gasteiger partial charge in [-0.2, -0.15) is 5.10 Å². The summed E-state index contributed by atoms with van der Waals surface area (Å²) in [4.78, 5) is 2.20. The number of anilines is 1. The number of hydrogen-bond donors (Lipinski definition) is 1. The minimum Gasteiger partial charge on any atom is -0.503 e. The molecular formula is C17H15F2N3O2. The third-order valence-corrected chi connectivity index (χ3v) is 4.19. The van der Waals surface area contributed by atoms with Crippen LogP contribution >= 0.6 is 0 Å². The van der Waals surface area contributed by atoms with Crippen LogP contribution in [0.4, 0.5) is 14.5 Å². The van der Waals surface area contributed by atoms with E-state index in [2.05, 4.69) is 10.00 Å². The maximum absolute atomic E-state index is 14.2. The number of benzene rings is 2. The maximum Gasteiger partial charge on any atom is 0.194 e. The van der Waals surface area contributed by atoms with Gasteiger partial charge in [-0.1, -0.05) is 0 Å². The van der Waals surface area contributed by atoms with Crippen LogP contribution in [0, 0.1) is 11.6 Å². The third kappa shape index (κ3) is 2.37. The Morgan fingerprint density at radius 2 is 1.71 bits per heavy atom. The van der Waals surface area contributed by atoms with Crippen LogP contribution in [0.5, 0.6) is 5.75 Å². The van der Waals surface area contributed by atoms with Gasteiger partial charge in [0.05, 0.1) is 25.1 Å². The van der Waals surface area contributed by atoms with E-state index in [1.807, 2.05) is 24.3 Å². The van der Waals surface area contributed by atoms with Crippen molar-refractivity contribution in [1.29, 1.82) is 0 Å². The van der Waals surface area contributed by atoms with Crippen molar-refractivity contribution in [3.05, 3.63) is 48.2 Å². The quantitative estimate of drug-likeness (QED) is 0.784. The monoisotopic (exact) mass is 331 g/mol. The molecule has 0 unspecified atom stereocenters. The lowest BCUT2D eigenvalue weighted by Gasteiger charge is -2.28. The van der Waals surface area contributed by atoms with Crippen molar-refractivity contribution in [2.24, 2.45) is 0 Å². The Morgan fingerprint density at radius 3 is 2.42 bits per heavy atom. The summed E-state index contributed by atoms with van der Waals surface area (Å²) in [5.74, 6) is -3.00. The van der Waals surface area contributed by atoms with Crippen molar-refractivity contribution in [2.45, 2.75) is 0 Å². The van der Waals surface area contributed by atoms with Gasteiger partial charge in [0, 0.05) is 24.2 Å². The number of aromatic nitrogens is 2. The Morgan fingerprint density at radius 1 is 1.04 bits per heavy atom. The van der Waals surface area contributed by atoms with E-state index in [4.69, 9.17) is 4.74 Å². The molecule has 0 aliphatic carbocycles. The average molecular weight is 331 g/mol. The number of rotatable bonds is 2. The molecule has 5 nitrogen and oxygen atoms in total. The number of morpholine rings is 1. The van der Waals surface area contributed by atoms with Crippen molar-refractivity contribution < 1.29 is 18.6 Å². The van der Waals surface area contributed by atoms with Gasteiger partial charge in [0.1, 0.15) is 5.52 Å². The summed E-state index contributed by atoms with van der Waals surface area (Å²) in [5, 5.41) is 13.9. The topological polar surface area (TPSA) is 50.5 Å². The second-order valence-corrected chi connectivity index (χ2v) is 5.63. The molecule has 1 saturated heterocycles. The molecule has 1 aliphatic rings. The first-order valence-electron chi connectivity index (χ1n) is 7.63. The van der Waals surface area contributed by atoms with Gasteiger partial charge >= 0.3 is 0 Å². The molecule has 24 heavy (non-hydrogen) atoms. The minimum atomic E-state index is -1.01. The molecule has 0 amide bonds. The minimum absolute atomic E-state index is 0.0491.